The molecule has 0 fully saturated rings. The molecule has 2 aromatic rings. The highest BCUT2D eigenvalue weighted by molar-refractivity contribution is 7.92. The Bertz CT molecular complexity index is 711. The van der Waals surface area contributed by atoms with Crippen LogP contribution in [0.15, 0.2) is 21.3 Å². The second-order valence-electron chi connectivity index (χ2n) is 5.72. The van der Waals surface area contributed by atoms with Crippen molar-refractivity contribution in [1.29, 1.82) is 0 Å². The Kier molecular flexibility index (Phi) is 4.50. The molecule has 0 aliphatic rings. The highest BCUT2D eigenvalue weighted by Crippen LogP contribution is 2.31. The van der Waals surface area contributed by atoms with E-state index < -0.39 is 9.84 Å². The fourth-order valence-corrected chi connectivity index (χ4v) is 4.31. The molecule has 6 nitrogen and oxygen atoms in total. The lowest BCUT2D eigenvalue weighted by molar-refractivity contribution is 0.177. The molecule has 8 heteroatoms. The summed E-state index contributed by atoms with van der Waals surface area (Å²) in [5.74, 6) is -0.188. The lowest BCUT2D eigenvalue weighted by Gasteiger charge is -2.14. The molecule has 0 saturated heterocycles. The van der Waals surface area contributed by atoms with E-state index in [1.807, 2.05) is 20.8 Å². The van der Waals surface area contributed by atoms with Gasteiger partial charge in [0.2, 0.25) is 14.2 Å². The molecule has 0 atom stereocenters. The molecule has 0 aliphatic heterocycles. The van der Waals surface area contributed by atoms with Crippen LogP contribution in [0.2, 0.25) is 0 Å². The predicted molar refractivity (Wildman–Crippen MR) is 78.9 cm³/mol. The lowest BCUT2D eigenvalue weighted by atomic mass is 9.96. The lowest BCUT2D eigenvalue weighted by Crippen LogP contribution is -2.08. The summed E-state index contributed by atoms with van der Waals surface area (Å²) < 4.78 is 34.8. The monoisotopic (exact) mass is 330 g/mol. The fraction of sp³-hybridized carbons (Fsp3) is 0.538. The van der Waals surface area contributed by atoms with Gasteiger partial charge in [0.25, 0.3) is 0 Å². The number of hydrogen-bond donors (Lipinski definition) is 0. The summed E-state index contributed by atoms with van der Waals surface area (Å²) in [5, 5.41) is 3.75. The van der Waals surface area contributed by atoms with Gasteiger partial charge in [-0.2, -0.15) is 0 Å². The Morgan fingerprint density at radius 3 is 2.67 bits per heavy atom. The third-order valence-corrected chi connectivity index (χ3v) is 6.40. The maximum Gasteiger partial charge on any atom is 0.209 e. The number of nitrogens with zero attached hydrogens (tertiary/aromatic N) is 2. The molecule has 116 valence electrons. The molecule has 0 unspecified atom stereocenters. The van der Waals surface area contributed by atoms with Crippen LogP contribution in [-0.2, 0) is 32.3 Å². The maximum atomic E-state index is 12.4. The first-order valence-corrected chi connectivity index (χ1v) is 8.81. The van der Waals surface area contributed by atoms with Gasteiger partial charge in [0.15, 0.2) is 0 Å². The quantitative estimate of drug-likeness (QED) is 0.838. The normalized spacial score (nSPS) is 12.8. The van der Waals surface area contributed by atoms with E-state index in [0.717, 1.165) is 4.88 Å². The summed E-state index contributed by atoms with van der Waals surface area (Å²) in [4.78, 5) is 4.99. The molecule has 2 aromatic heterocycles. The Balaban J connectivity index is 2.26. The summed E-state index contributed by atoms with van der Waals surface area (Å²) in [6.07, 6.45) is 2.96. The average Bonchev–Trinajstić information content (AvgIpc) is 2.98. The van der Waals surface area contributed by atoms with Crippen LogP contribution in [0.3, 0.4) is 0 Å². The molecule has 2 heterocycles. The molecule has 0 aliphatic carbocycles. The van der Waals surface area contributed by atoms with Crippen LogP contribution < -0.4 is 0 Å². The van der Waals surface area contributed by atoms with Gasteiger partial charge in [0.1, 0.15) is 12.0 Å². The summed E-state index contributed by atoms with van der Waals surface area (Å²) >= 11 is 1.21. The van der Waals surface area contributed by atoms with Crippen molar-refractivity contribution in [3.05, 3.63) is 28.6 Å². The van der Waals surface area contributed by atoms with Crippen LogP contribution in [0.4, 0.5) is 0 Å². The van der Waals surface area contributed by atoms with Gasteiger partial charge in [-0.15, -0.1) is 11.3 Å². The molecule has 2 rings (SSSR count). The Hall–Kier alpha value is -1.25. The van der Waals surface area contributed by atoms with E-state index in [2.05, 4.69) is 10.1 Å². The number of rotatable bonds is 5. The second kappa shape index (κ2) is 5.86. The molecule has 0 aromatic carbocycles. The molecular weight excluding hydrogens is 312 g/mol. The zero-order valence-corrected chi connectivity index (χ0v) is 14.0. The summed E-state index contributed by atoms with van der Waals surface area (Å²) in [6.45, 7) is 6.28. The summed E-state index contributed by atoms with van der Waals surface area (Å²) in [7, 11) is -1.99. The fourth-order valence-electron chi connectivity index (χ4n) is 1.67. The van der Waals surface area contributed by atoms with Gasteiger partial charge in [-0.3, -0.25) is 0 Å². The molecule has 0 saturated carbocycles. The van der Waals surface area contributed by atoms with Crippen LogP contribution >= 0.6 is 11.3 Å². The first-order chi connectivity index (χ1) is 9.74. The topological polar surface area (TPSA) is 82.3 Å². The first kappa shape index (κ1) is 16.1. The minimum absolute atomic E-state index is 0.121. The molecule has 21 heavy (non-hydrogen) atoms. The molecule has 0 radical (unpaired) electrons. The van der Waals surface area contributed by atoms with Gasteiger partial charge < -0.3 is 9.26 Å². The third-order valence-electron chi connectivity index (χ3n) is 2.84. The van der Waals surface area contributed by atoms with E-state index in [1.165, 1.54) is 24.7 Å². The highest BCUT2D eigenvalue weighted by atomic mass is 32.2. The van der Waals surface area contributed by atoms with Crippen molar-refractivity contribution in [2.45, 2.75) is 42.9 Å². The second-order valence-corrected chi connectivity index (χ2v) is 8.91. The van der Waals surface area contributed by atoms with Gasteiger partial charge in [0, 0.05) is 23.7 Å². The minimum Gasteiger partial charge on any atom is -0.378 e. The van der Waals surface area contributed by atoms with E-state index in [4.69, 9.17) is 9.26 Å². The van der Waals surface area contributed by atoms with Crippen molar-refractivity contribution >= 4 is 21.2 Å². The number of sulfone groups is 1. The number of thiazole rings is 1. The van der Waals surface area contributed by atoms with Gasteiger partial charge in [-0.05, 0) is 5.41 Å². The van der Waals surface area contributed by atoms with Crippen molar-refractivity contribution < 1.29 is 17.7 Å². The van der Waals surface area contributed by atoms with Crippen molar-refractivity contribution in [2.75, 3.05) is 7.11 Å². The minimum atomic E-state index is -3.51. The van der Waals surface area contributed by atoms with Crippen LogP contribution in [0.25, 0.3) is 0 Å². The number of ether oxygens (including phenoxy) is 1. The Morgan fingerprint density at radius 1 is 1.38 bits per heavy atom. The van der Waals surface area contributed by atoms with E-state index in [-0.39, 0.29) is 22.1 Å². The van der Waals surface area contributed by atoms with E-state index in [0.29, 0.717) is 11.3 Å². The molecule has 0 amide bonds. The SMILES string of the molecule is COCc1nocc1CS(=O)(=O)c1ncc(C(C)(C)C)s1. The molecular formula is C13H18N2O4S2. The molecule has 0 bridgehead atoms. The molecule has 0 spiro atoms. The van der Waals surface area contributed by atoms with Crippen LogP contribution in [0.1, 0.15) is 36.9 Å². The Labute approximate surface area is 128 Å². The van der Waals surface area contributed by atoms with Gasteiger partial charge in [0.05, 0.1) is 12.4 Å². The van der Waals surface area contributed by atoms with Gasteiger partial charge in [-0.1, -0.05) is 25.9 Å². The van der Waals surface area contributed by atoms with E-state index >= 15 is 0 Å². The highest BCUT2D eigenvalue weighted by Gasteiger charge is 2.25. The van der Waals surface area contributed by atoms with Crippen molar-refractivity contribution in [1.82, 2.24) is 10.1 Å². The van der Waals surface area contributed by atoms with Crippen molar-refractivity contribution in [3.8, 4) is 0 Å². The zero-order chi connectivity index (χ0) is 15.7. The summed E-state index contributed by atoms with van der Waals surface area (Å²) in [6, 6.07) is 0. The van der Waals surface area contributed by atoms with Gasteiger partial charge in [-0.25, -0.2) is 13.4 Å². The zero-order valence-electron chi connectivity index (χ0n) is 12.4. The Morgan fingerprint density at radius 2 is 2.10 bits per heavy atom. The first-order valence-electron chi connectivity index (χ1n) is 6.34. The maximum absolute atomic E-state index is 12.4. The summed E-state index contributed by atoms with van der Waals surface area (Å²) in [5.41, 5.74) is 0.877. The standard InChI is InChI=1S/C13H18N2O4S2/c1-13(2,3)11-5-14-12(20-11)21(16,17)8-9-6-19-15-10(9)7-18-4/h5-6H,7-8H2,1-4H3. The van der Waals surface area contributed by atoms with Crippen molar-refractivity contribution in [2.24, 2.45) is 0 Å². The number of aromatic nitrogens is 2. The number of hydrogen-bond acceptors (Lipinski definition) is 7. The smallest absolute Gasteiger partial charge is 0.209 e. The molecule has 0 N–H and O–H groups in total. The largest absolute Gasteiger partial charge is 0.378 e. The van der Waals surface area contributed by atoms with E-state index in [9.17, 15) is 8.42 Å². The van der Waals surface area contributed by atoms with Crippen LogP contribution in [-0.4, -0.2) is 25.7 Å². The van der Waals surface area contributed by atoms with Gasteiger partial charge >= 0.3 is 0 Å². The third kappa shape index (κ3) is 3.69. The van der Waals surface area contributed by atoms with E-state index in [1.54, 1.807) is 6.20 Å². The van der Waals surface area contributed by atoms with Crippen molar-refractivity contribution in [3.63, 3.8) is 0 Å². The van der Waals surface area contributed by atoms with Crippen LogP contribution in [0.5, 0.6) is 0 Å². The predicted octanol–water partition coefficient (Wildman–Crippen LogP) is 2.55. The van der Waals surface area contributed by atoms with Crippen LogP contribution in [0, 0.1) is 0 Å². The number of methoxy groups -OCH3 is 1. The average molecular weight is 330 g/mol.